The first-order valence-electron chi connectivity index (χ1n) is 16.9. The molecule has 0 saturated carbocycles. The number of halogens is 9. The summed E-state index contributed by atoms with van der Waals surface area (Å²) in [6, 6.07) is 12.9. The van der Waals surface area contributed by atoms with Crippen LogP contribution < -0.4 is 31.9 Å². The van der Waals surface area contributed by atoms with E-state index in [0.29, 0.717) is 48.6 Å². The number of rotatable bonds is 6. The van der Waals surface area contributed by atoms with Gasteiger partial charge in [-0.3, -0.25) is 0 Å². The van der Waals surface area contributed by atoms with Gasteiger partial charge >= 0.3 is 18.5 Å². The van der Waals surface area contributed by atoms with Gasteiger partial charge < -0.3 is 36.8 Å². The third-order valence-electron chi connectivity index (χ3n) is 8.83. The van der Waals surface area contributed by atoms with Crippen molar-refractivity contribution in [2.45, 2.75) is 57.4 Å². The summed E-state index contributed by atoms with van der Waals surface area (Å²) >= 11 is 0. The minimum atomic E-state index is -4.34. The molecule has 0 amide bonds. The lowest BCUT2D eigenvalue weighted by atomic mass is 10.0. The van der Waals surface area contributed by atoms with Crippen molar-refractivity contribution in [1.82, 2.24) is 4.90 Å². The van der Waals surface area contributed by atoms with Crippen molar-refractivity contribution in [3.63, 3.8) is 0 Å². The van der Waals surface area contributed by atoms with E-state index in [4.69, 9.17) is 17.2 Å². The maximum Gasteiger partial charge on any atom is 0.418 e. The fourth-order valence-electron chi connectivity index (χ4n) is 5.94. The summed E-state index contributed by atoms with van der Waals surface area (Å²) < 4.78 is 116. The van der Waals surface area contributed by atoms with E-state index >= 15 is 0 Å². The van der Waals surface area contributed by atoms with Crippen LogP contribution >= 0.6 is 0 Å². The Balaban J connectivity index is 0.000000212. The topological polar surface area (TPSA) is 91.0 Å². The Bertz CT molecular complexity index is 1560. The van der Waals surface area contributed by atoms with E-state index in [1.54, 1.807) is 43.3 Å². The third-order valence-corrected chi connectivity index (χ3v) is 8.83. The van der Waals surface area contributed by atoms with Gasteiger partial charge in [-0.15, -0.1) is 0 Å². The van der Waals surface area contributed by atoms with Gasteiger partial charge in [0.1, 0.15) is 0 Å². The second-order valence-corrected chi connectivity index (χ2v) is 12.9. The average Bonchev–Trinajstić information content (AvgIpc) is 3.11. The molecule has 5 rings (SSSR count). The summed E-state index contributed by atoms with van der Waals surface area (Å²) in [6.45, 7) is 4.53. The van der Waals surface area contributed by atoms with Crippen LogP contribution in [0.5, 0.6) is 0 Å². The SMILES string of the molecule is CN(C)c1ccc(CN)cc1C(F)(F)F.CN1CCN(c2ccc(CN)cc2C(F)(F)F)CC1.NCc1ccc(N2CCCCC2)c(C(F)(F)F)c1. The molecule has 3 aromatic carbocycles. The van der Waals surface area contributed by atoms with Crippen LogP contribution in [0.4, 0.5) is 56.6 Å². The molecule has 290 valence electrons. The monoisotopic (exact) mass is 749 g/mol. The van der Waals surface area contributed by atoms with Gasteiger partial charge in [0.25, 0.3) is 0 Å². The molecule has 0 radical (unpaired) electrons. The van der Waals surface area contributed by atoms with E-state index < -0.39 is 35.2 Å². The number of hydrogen-bond donors (Lipinski definition) is 3. The number of benzene rings is 3. The van der Waals surface area contributed by atoms with Crippen LogP contribution in [-0.2, 0) is 38.2 Å². The molecule has 3 aromatic rings. The van der Waals surface area contributed by atoms with Gasteiger partial charge in [0.2, 0.25) is 0 Å². The Labute approximate surface area is 299 Å². The molecule has 2 aliphatic rings. The van der Waals surface area contributed by atoms with Crippen LogP contribution in [0.3, 0.4) is 0 Å². The van der Waals surface area contributed by atoms with Crippen molar-refractivity contribution in [2.24, 2.45) is 17.2 Å². The average molecular weight is 750 g/mol. The molecule has 0 spiro atoms. The number of anilines is 3. The number of likely N-dealkylation sites (N-methyl/N-ethyl adjacent to an activating group) is 1. The largest absolute Gasteiger partial charge is 0.418 e. The van der Waals surface area contributed by atoms with E-state index in [1.807, 2.05) is 11.9 Å². The van der Waals surface area contributed by atoms with E-state index in [0.717, 1.165) is 44.5 Å². The van der Waals surface area contributed by atoms with Crippen LogP contribution in [0.2, 0.25) is 0 Å². The second kappa shape index (κ2) is 18.3. The molecule has 2 saturated heterocycles. The van der Waals surface area contributed by atoms with Crippen molar-refractivity contribution in [3.8, 4) is 0 Å². The molecule has 2 aliphatic heterocycles. The van der Waals surface area contributed by atoms with Crippen molar-refractivity contribution < 1.29 is 39.5 Å². The molecule has 0 atom stereocenters. The van der Waals surface area contributed by atoms with Gasteiger partial charge in [-0.25, -0.2) is 0 Å². The smallest absolute Gasteiger partial charge is 0.377 e. The van der Waals surface area contributed by atoms with Crippen molar-refractivity contribution in [2.75, 3.05) is 75.1 Å². The number of hydrogen-bond acceptors (Lipinski definition) is 7. The van der Waals surface area contributed by atoms with E-state index in [9.17, 15) is 39.5 Å². The fourth-order valence-corrected chi connectivity index (χ4v) is 5.94. The summed E-state index contributed by atoms with van der Waals surface area (Å²) in [5.41, 5.74) is 16.6. The molecule has 0 aliphatic carbocycles. The lowest BCUT2D eigenvalue weighted by molar-refractivity contribution is -0.138. The second-order valence-electron chi connectivity index (χ2n) is 12.9. The van der Waals surface area contributed by atoms with Crippen LogP contribution in [0.25, 0.3) is 0 Å². The van der Waals surface area contributed by atoms with Gasteiger partial charge in [0.05, 0.1) is 16.7 Å². The Kier molecular flexibility index (Phi) is 15.1. The first-order valence-corrected chi connectivity index (χ1v) is 16.9. The van der Waals surface area contributed by atoms with Crippen molar-refractivity contribution >= 4 is 17.1 Å². The molecule has 0 aromatic heterocycles. The molecule has 0 bridgehead atoms. The quantitative estimate of drug-likeness (QED) is 0.228. The zero-order valence-corrected chi connectivity index (χ0v) is 29.6. The maximum atomic E-state index is 13.1. The molecule has 0 unspecified atom stereocenters. The number of alkyl halides is 9. The molecule has 7 nitrogen and oxygen atoms in total. The molecule has 2 fully saturated rings. The van der Waals surface area contributed by atoms with Crippen molar-refractivity contribution in [3.05, 3.63) is 88.0 Å². The lowest BCUT2D eigenvalue weighted by Gasteiger charge is -2.35. The van der Waals surface area contributed by atoms with Gasteiger partial charge in [0.15, 0.2) is 0 Å². The number of piperazine rings is 1. The van der Waals surface area contributed by atoms with Crippen LogP contribution in [0, 0.1) is 0 Å². The summed E-state index contributed by atoms with van der Waals surface area (Å²) in [5, 5.41) is 0. The molecule has 6 N–H and O–H groups in total. The minimum absolute atomic E-state index is 0.108. The molecular formula is C36H48F9N7. The van der Waals surface area contributed by atoms with E-state index in [-0.39, 0.29) is 31.0 Å². The zero-order chi connectivity index (χ0) is 38.9. The van der Waals surface area contributed by atoms with Gasteiger partial charge in [-0.2, -0.15) is 39.5 Å². The first-order chi connectivity index (χ1) is 24.3. The van der Waals surface area contributed by atoms with Crippen LogP contribution in [-0.4, -0.2) is 65.3 Å². The number of nitrogens with zero attached hydrogens (tertiary/aromatic N) is 4. The van der Waals surface area contributed by atoms with E-state index in [2.05, 4.69) is 4.90 Å². The highest BCUT2D eigenvalue weighted by Gasteiger charge is 2.37. The summed E-state index contributed by atoms with van der Waals surface area (Å²) in [7, 11) is 5.12. The number of piperidine rings is 1. The Morgan fingerprint density at radius 3 is 1.25 bits per heavy atom. The predicted molar refractivity (Wildman–Crippen MR) is 188 cm³/mol. The summed E-state index contributed by atoms with van der Waals surface area (Å²) in [5.74, 6) is 0. The predicted octanol–water partition coefficient (Wildman–Crippen LogP) is 7.30. The zero-order valence-electron chi connectivity index (χ0n) is 29.6. The van der Waals surface area contributed by atoms with Gasteiger partial charge in [-0.1, -0.05) is 18.2 Å². The highest BCUT2D eigenvalue weighted by Crippen LogP contribution is 2.39. The maximum absolute atomic E-state index is 13.1. The highest BCUT2D eigenvalue weighted by atomic mass is 19.4. The molecular weight excluding hydrogens is 701 g/mol. The molecule has 16 heteroatoms. The molecule has 2 heterocycles. The van der Waals surface area contributed by atoms with Crippen molar-refractivity contribution in [1.29, 1.82) is 0 Å². The normalized spacial score (nSPS) is 15.8. The fraction of sp³-hybridized carbons (Fsp3) is 0.500. The van der Waals surface area contributed by atoms with Gasteiger partial charge in [0, 0.05) is 90.1 Å². The Morgan fingerprint density at radius 2 is 0.885 bits per heavy atom. The van der Waals surface area contributed by atoms with Gasteiger partial charge in [-0.05, 0) is 79.4 Å². The first kappa shape index (κ1) is 42.7. The van der Waals surface area contributed by atoms with Crippen LogP contribution in [0.1, 0.15) is 52.6 Å². The van der Waals surface area contributed by atoms with Crippen LogP contribution in [0.15, 0.2) is 54.6 Å². The van der Waals surface area contributed by atoms with E-state index in [1.165, 1.54) is 23.1 Å². The standard InChI is InChI=1S/C13H18F3N3.C13H17F3N2.C10H13F3N2/c1-18-4-6-19(7-5-18)12-3-2-10(9-17)8-11(12)13(14,15)16;14-13(15,16)11-8-10(9-17)4-5-12(11)18-6-2-1-3-7-18;1-15(2)9-4-3-7(6-14)5-8(9)10(11,12)13/h2-3,8H,4-7,9,17H2,1H3;4-5,8H,1-3,6-7,9,17H2;3-5H,6,14H2,1-2H3. The lowest BCUT2D eigenvalue weighted by Crippen LogP contribution is -2.45. The minimum Gasteiger partial charge on any atom is -0.377 e. The number of nitrogens with two attached hydrogens (primary N) is 3. The third kappa shape index (κ3) is 11.9. The Morgan fingerprint density at radius 1 is 0.519 bits per heavy atom. The Hall–Kier alpha value is -3.73. The summed E-state index contributed by atoms with van der Waals surface area (Å²) in [4.78, 5) is 7.16. The summed E-state index contributed by atoms with van der Waals surface area (Å²) in [6.07, 6.45) is -10.0. The molecule has 52 heavy (non-hydrogen) atoms. The highest BCUT2D eigenvalue weighted by molar-refractivity contribution is 5.58.